The number of aryl methyl sites for hydroxylation is 2. The summed E-state index contributed by atoms with van der Waals surface area (Å²) >= 11 is 0. The summed E-state index contributed by atoms with van der Waals surface area (Å²) < 4.78 is 15.4. The fourth-order valence-electron chi connectivity index (χ4n) is 2.18. The first kappa shape index (κ1) is 15.6. The number of nitrogens with one attached hydrogen (secondary N) is 1. The third kappa shape index (κ3) is 3.88. The molecule has 0 atom stereocenters. The van der Waals surface area contributed by atoms with Crippen molar-refractivity contribution < 1.29 is 4.39 Å². The molecule has 0 aliphatic rings. The molecular weight excluding hydrogens is 267 g/mol. The molecule has 1 N–H and O–H groups in total. The average molecular weight is 290 g/mol. The molecule has 1 aromatic carbocycles. The first-order valence-corrected chi connectivity index (χ1v) is 7.15. The molecule has 0 saturated carbocycles. The zero-order valence-electron chi connectivity index (χ0n) is 13.4. The van der Waals surface area contributed by atoms with E-state index in [1.165, 1.54) is 0 Å². The van der Waals surface area contributed by atoms with Gasteiger partial charge in [-0.25, -0.2) is 9.07 Å². The Morgan fingerprint density at radius 1 is 1.14 bits per heavy atom. The van der Waals surface area contributed by atoms with Crippen LogP contribution in [0.25, 0.3) is 0 Å². The molecule has 0 fully saturated rings. The summed E-state index contributed by atoms with van der Waals surface area (Å²) in [5.74, 6) is -0.119. The van der Waals surface area contributed by atoms with Crippen LogP contribution in [-0.2, 0) is 18.6 Å². The molecular formula is C16H23FN4. The fourth-order valence-corrected chi connectivity index (χ4v) is 2.18. The van der Waals surface area contributed by atoms with Crippen molar-refractivity contribution in [1.82, 2.24) is 20.3 Å². The molecule has 0 bridgehead atoms. The van der Waals surface area contributed by atoms with Crippen molar-refractivity contribution in [1.29, 1.82) is 0 Å². The van der Waals surface area contributed by atoms with Crippen molar-refractivity contribution in [2.75, 3.05) is 0 Å². The Bertz CT molecular complexity index is 602. The van der Waals surface area contributed by atoms with Crippen LogP contribution in [0.3, 0.4) is 0 Å². The summed E-state index contributed by atoms with van der Waals surface area (Å²) in [6.07, 6.45) is 1.95. The molecule has 0 radical (unpaired) electrons. The molecule has 0 saturated heterocycles. The second-order valence-corrected chi connectivity index (χ2v) is 6.47. The molecule has 0 spiro atoms. The molecule has 0 unspecified atom stereocenters. The highest BCUT2D eigenvalue weighted by Crippen LogP contribution is 2.15. The maximum absolute atomic E-state index is 13.6. The van der Waals surface area contributed by atoms with E-state index in [2.05, 4.69) is 36.4 Å². The van der Waals surface area contributed by atoms with Crippen LogP contribution in [0.15, 0.2) is 18.3 Å². The van der Waals surface area contributed by atoms with E-state index in [4.69, 9.17) is 0 Å². The lowest BCUT2D eigenvalue weighted by molar-refractivity contribution is 0.347. The van der Waals surface area contributed by atoms with Crippen LogP contribution in [0.4, 0.5) is 4.39 Å². The normalized spacial score (nSPS) is 11.9. The van der Waals surface area contributed by atoms with Crippen molar-refractivity contribution in [3.63, 3.8) is 0 Å². The number of benzene rings is 1. The fraction of sp³-hybridized carbons (Fsp3) is 0.500. The predicted molar refractivity (Wildman–Crippen MR) is 81.4 cm³/mol. The molecule has 1 aromatic heterocycles. The minimum absolute atomic E-state index is 0.0591. The lowest BCUT2D eigenvalue weighted by atomic mass is 10.1. The van der Waals surface area contributed by atoms with Gasteiger partial charge in [-0.05, 0) is 51.3 Å². The Balaban J connectivity index is 1.94. The summed E-state index contributed by atoms with van der Waals surface area (Å²) in [7, 11) is 0. The standard InChI is InChI=1S/C16H23FN4/c1-11-6-13(7-12(2)15(11)17)8-18-9-14-10-21(20-19-14)16(3,4)5/h6-7,10,18H,8-9H2,1-5H3. The van der Waals surface area contributed by atoms with Crippen molar-refractivity contribution in [2.24, 2.45) is 0 Å². The summed E-state index contributed by atoms with van der Waals surface area (Å²) in [4.78, 5) is 0. The highest BCUT2D eigenvalue weighted by atomic mass is 19.1. The van der Waals surface area contributed by atoms with Crippen molar-refractivity contribution in [3.8, 4) is 0 Å². The minimum Gasteiger partial charge on any atom is -0.307 e. The second kappa shape index (κ2) is 5.93. The molecule has 0 aliphatic carbocycles. The van der Waals surface area contributed by atoms with Gasteiger partial charge in [0.25, 0.3) is 0 Å². The van der Waals surface area contributed by atoms with E-state index in [-0.39, 0.29) is 11.4 Å². The third-order valence-corrected chi connectivity index (χ3v) is 3.36. The SMILES string of the molecule is Cc1cc(CNCc2cn(C(C)(C)C)nn2)cc(C)c1F. The lowest BCUT2D eigenvalue weighted by Gasteiger charge is -2.17. The van der Waals surface area contributed by atoms with E-state index in [1.54, 1.807) is 13.8 Å². The van der Waals surface area contributed by atoms with Crippen molar-refractivity contribution >= 4 is 0 Å². The third-order valence-electron chi connectivity index (χ3n) is 3.36. The Morgan fingerprint density at radius 3 is 2.29 bits per heavy atom. The largest absolute Gasteiger partial charge is 0.307 e. The Hall–Kier alpha value is -1.75. The molecule has 0 amide bonds. The van der Waals surface area contributed by atoms with Gasteiger partial charge in [-0.15, -0.1) is 5.10 Å². The van der Waals surface area contributed by atoms with Crippen LogP contribution in [-0.4, -0.2) is 15.0 Å². The molecule has 4 nitrogen and oxygen atoms in total. The van der Waals surface area contributed by atoms with E-state index < -0.39 is 0 Å². The van der Waals surface area contributed by atoms with Crippen LogP contribution in [0.1, 0.15) is 43.2 Å². The number of nitrogens with zero attached hydrogens (tertiary/aromatic N) is 3. The topological polar surface area (TPSA) is 42.7 Å². The number of rotatable bonds is 4. The van der Waals surface area contributed by atoms with Crippen LogP contribution < -0.4 is 5.32 Å². The summed E-state index contributed by atoms with van der Waals surface area (Å²) in [5, 5.41) is 11.6. The second-order valence-electron chi connectivity index (χ2n) is 6.47. The van der Waals surface area contributed by atoms with Gasteiger partial charge in [-0.1, -0.05) is 17.3 Å². The van der Waals surface area contributed by atoms with Crippen LogP contribution >= 0.6 is 0 Å². The van der Waals surface area contributed by atoms with Gasteiger partial charge in [-0.2, -0.15) is 0 Å². The number of aromatic nitrogens is 3. The Morgan fingerprint density at radius 2 is 1.76 bits per heavy atom. The average Bonchev–Trinajstić information content (AvgIpc) is 2.84. The van der Waals surface area contributed by atoms with Gasteiger partial charge in [0.15, 0.2) is 0 Å². The summed E-state index contributed by atoms with van der Waals surface area (Å²) in [6.45, 7) is 11.2. The van der Waals surface area contributed by atoms with Gasteiger partial charge in [0.2, 0.25) is 0 Å². The van der Waals surface area contributed by atoms with E-state index in [9.17, 15) is 4.39 Å². The zero-order valence-corrected chi connectivity index (χ0v) is 13.4. The Kier molecular flexibility index (Phi) is 4.42. The minimum atomic E-state index is -0.119. The Labute approximate surface area is 125 Å². The molecule has 2 aromatic rings. The molecule has 0 aliphatic heterocycles. The smallest absolute Gasteiger partial charge is 0.129 e. The maximum Gasteiger partial charge on any atom is 0.129 e. The predicted octanol–water partition coefficient (Wildman–Crippen LogP) is 3.08. The number of halogens is 1. The highest BCUT2D eigenvalue weighted by molar-refractivity contribution is 5.30. The molecule has 1 heterocycles. The summed E-state index contributed by atoms with van der Waals surface area (Å²) in [5.41, 5.74) is 3.29. The van der Waals surface area contributed by atoms with Crippen LogP contribution in [0, 0.1) is 19.7 Å². The highest BCUT2D eigenvalue weighted by Gasteiger charge is 2.14. The first-order chi connectivity index (χ1) is 9.77. The molecule has 2 rings (SSSR count). The van der Waals surface area contributed by atoms with Gasteiger partial charge in [0.05, 0.1) is 17.4 Å². The van der Waals surface area contributed by atoms with Gasteiger partial charge in [0.1, 0.15) is 5.82 Å². The maximum atomic E-state index is 13.6. The van der Waals surface area contributed by atoms with Gasteiger partial charge >= 0.3 is 0 Å². The van der Waals surface area contributed by atoms with Gasteiger partial charge in [-0.3, -0.25) is 0 Å². The quantitative estimate of drug-likeness (QED) is 0.941. The molecule has 5 heteroatoms. The van der Waals surface area contributed by atoms with Crippen molar-refractivity contribution in [2.45, 2.75) is 53.2 Å². The number of hydrogen-bond acceptors (Lipinski definition) is 3. The van der Waals surface area contributed by atoms with E-state index in [0.29, 0.717) is 24.2 Å². The van der Waals surface area contributed by atoms with Crippen molar-refractivity contribution in [3.05, 3.63) is 46.5 Å². The van der Waals surface area contributed by atoms with Gasteiger partial charge in [0, 0.05) is 13.1 Å². The van der Waals surface area contributed by atoms with E-state index >= 15 is 0 Å². The lowest BCUT2D eigenvalue weighted by Crippen LogP contribution is -2.22. The summed E-state index contributed by atoms with van der Waals surface area (Å²) in [6, 6.07) is 3.75. The molecule has 114 valence electrons. The van der Waals surface area contributed by atoms with E-state index in [0.717, 1.165) is 11.3 Å². The first-order valence-electron chi connectivity index (χ1n) is 7.15. The monoisotopic (exact) mass is 290 g/mol. The van der Waals surface area contributed by atoms with Crippen LogP contribution in [0.2, 0.25) is 0 Å². The zero-order chi connectivity index (χ0) is 15.6. The van der Waals surface area contributed by atoms with Crippen LogP contribution in [0.5, 0.6) is 0 Å². The number of hydrogen-bond donors (Lipinski definition) is 1. The van der Waals surface area contributed by atoms with Gasteiger partial charge < -0.3 is 5.32 Å². The van der Waals surface area contributed by atoms with E-state index in [1.807, 2.05) is 23.0 Å². The molecule has 21 heavy (non-hydrogen) atoms.